The Morgan fingerprint density at radius 2 is 1.18 bits per heavy atom. The molecule has 0 atom stereocenters. The van der Waals surface area contributed by atoms with Gasteiger partial charge in [-0.2, -0.15) is 0 Å². The minimum atomic E-state index is -0.611. The van der Waals surface area contributed by atoms with Crippen molar-refractivity contribution in [2.24, 2.45) is 14.1 Å². The summed E-state index contributed by atoms with van der Waals surface area (Å²) in [6.07, 6.45) is 0. The molecule has 7 rings (SSSR count). The topological polar surface area (TPSA) is 284 Å². The van der Waals surface area contributed by atoms with Gasteiger partial charge in [0, 0.05) is 60.7 Å². The number of non-ortho nitro benzene ring substituents is 3. The van der Waals surface area contributed by atoms with E-state index < -0.39 is 20.7 Å². The van der Waals surface area contributed by atoms with Crippen LogP contribution in [0.15, 0.2) is 82.1 Å². The van der Waals surface area contributed by atoms with E-state index in [9.17, 15) is 39.9 Å². The average Bonchev–Trinajstić information content (AvgIpc) is 3.82. The zero-order chi connectivity index (χ0) is 40.6. The number of fused-ring (bicyclic) bond motifs is 3. The molecule has 0 spiro atoms. The Balaban J connectivity index is 0.000000163. The third-order valence-corrected chi connectivity index (χ3v) is 8.26. The van der Waals surface area contributed by atoms with Crippen LogP contribution in [0.1, 0.15) is 10.4 Å². The molecule has 3 heterocycles. The van der Waals surface area contributed by atoms with Gasteiger partial charge in [0.15, 0.2) is 0 Å². The number of esters is 1. The summed E-state index contributed by atoms with van der Waals surface area (Å²) in [6, 6.07) is 18.2. The third kappa shape index (κ3) is 9.36. The van der Waals surface area contributed by atoms with E-state index in [4.69, 9.17) is 15.2 Å². The van der Waals surface area contributed by atoms with E-state index in [1.165, 1.54) is 56.7 Å². The number of benzene rings is 4. The smallest absolute Gasteiger partial charge is 0.339 e. The molecule has 0 aliphatic heterocycles. The number of rotatable bonds is 6. The van der Waals surface area contributed by atoms with E-state index in [1.807, 2.05) is 25.2 Å². The molecule has 4 aromatic carbocycles. The maximum Gasteiger partial charge on any atom is 0.339 e. The second kappa shape index (κ2) is 17.4. The molecule has 286 valence electrons. The molecule has 0 aliphatic rings. The van der Waals surface area contributed by atoms with Gasteiger partial charge in [-0.05, 0) is 52.3 Å². The van der Waals surface area contributed by atoms with Crippen LogP contribution in [0.3, 0.4) is 0 Å². The summed E-state index contributed by atoms with van der Waals surface area (Å²) in [5.41, 5.74) is 8.37. The number of anilines is 1. The summed E-state index contributed by atoms with van der Waals surface area (Å²) in [5.74, 6) is 0.404. The number of nitrogen functional groups attached to an aromatic ring is 1. The highest BCUT2D eigenvalue weighted by molar-refractivity contribution is 9.10. The number of ether oxygens (including phenoxy) is 3. The van der Waals surface area contributed by atoms with Crippen molar-refractivity contribution in [3.05, 3.63) is 124 Å². The van der Waals surface area contributed by atoms with Gasteiger partial charge in [-0.25, -0.2) is 4.79 Å². The highest BCUT2D eigenvalue weighted by Crippen LogP contribution is 2.28. The molecule has 0 fully saturated rings. The number of H-pyrrole nitrogens is 2. The van der Waals surface area contributed by atoms with Crippen molar-refractivity contribution >= 4 is 77.4 Å². The molecular formula is C33H31BrN10O11. The first-order valence-corrected chi connectivity index (χ1v) is 16.2. The lowest BCUT2D eigenvalue weighted by molar-refractivity contribution is -0.385. The number of nitro benzene ring substituents is 3. The van der Waals surface area contributed by atoms with Crippen molar-refractivity contribution in [1.82, 2.24) is 29.8 Å². The lowest BCUT2D eigenvalue weighted by Crippen LogP contribution is -2.03. The number of hydrogen-bond donors (Lipinski definition) is 3. The highest BCUT2D eigenvalue weighted by Gasteiger charge is 2.16. The van der Waals surface area contributed by atoms with Crippen LogP contribution in [0.2, 0.25) is 0 Å². The zero-order valence-corrected chi connectivity index (χ0v) is 31.1. The molecule has 4 N–H and O–H groups in total. The normalized spacial score (nSPS) is 10.3. The molecule has 0 unspecified atom stereocenters. The van der Waals surface area contributed by atoms with E-state index in [1.54, 1.807) is 29.6 Å². The Morgan fingerprint density at radius 1 is 0.709 bits per heavy atom. The predicted molar refractivity (Wildman–Crippen MR) is 203 cm³/mol. The molecule has 22 heteroatoms. The first kappa shape index (κ1) is 40.4. The van der Waals surface area contributed by atoms with Gasteiger partial charge < -0.3 is 19.9 Å². The number of nitro groups is 3. The highest BCUT2D eigenvalue weighted by atomic mass is 79.9. The van der Waals surface area contributed by atoms with Gasteiger partial charge >= 0.3 is 5.97 Å². The van der Waals surface area contributed by atoms with Crippen molar-refractivity contribution in [3.63, 3.8) is 0 Å². The molecule has 3 aromatic heterocycles. The maximum atomic E-state index is 11.1. The first-order valence-electron chi connectivity index (χ1n) is 15.4. The van der Waals surface area contributed by atoms with Gasteiger partial charge in [-0.15, -0.1) is 10.2 Å². The van der Waals surface area contributed by atoms with Gasteiger partial charge in [0.1, 0.15) is 0 Å². The Kier molecular flexibility index (Phi) is 12.8. The van der Waals surface area contributed by atoms with E-state index in [0.717, 1.165) is 28.2 Å². The van der Waals surface area contributed by atoms with Crippen molar-refractivity contribution in [1.29, 1.82) is 0 Å². The summed E-state index contributed by atoms with van der Waals surface area (Å²) in [7, 11) is 7.94. The fourth-order valence-electron chi connectivity index (χ4n) is 4.92. The molecule has 0 amide bonds. The second-order valence-corrected chi connectivity index (χ2v) is 11.8. The van der Waals surface area contributed by atoms with Crippen LogP contribution in [-0.2, 0) is 18.8 Å². The molecule has 0 saturated heterocycles. The third-order valence-electron chi connectivity index (χ3n) is 7.57. The van der Waals surface area contributed by atoms with Gasteiger partial charge in [-0.3, -0.25) is 54.7 Å². The van der Waals surface area contributed by atoms with Crippen molar-refractivity contribution in [2.75, 3.05) is 27.1 Å². The lowest BCUT2D eigenvalue weighted by atomic mass is 10.2. The minimum Gasteiger partial charge on any atom is -0.479 e. The average molecular weight is 824 g/mol. The second-order valence-electron chi connectivity index (χ2n) is 11.0. The SMILES string of the molecule is COC(=O)c1cc([N+](=O)[O-])ccc1Br.COc1nn(C)c2ccc(N)cc12.COc1nn(C)c2ccc([N+](=O)[O-])cc12.O=c1[nH][nH]c2ccc([N+](=O)[O-])cc12. The van der Waals surface area contributed by atoms with Crippen LogP contribution in [0.25, 0.3) is 32.7 Å². The molecule has 7 aromatic rings. The van der Waals surface area contributed by atoms with E-state index >= 15 is 0 Å². The summed E-state index contributed by atoms with van der Waals surface area (Å²) < 4.78 is 18.5. The Labute approximate surface area is 316 Å². The van der Waals surface area contributed by atoms with E-state index in [2.05, 4.69) is 41.1 Å². The molecule has 55 heavy (non-hydrogen) atoms. The first-order chi connectivity index (χ1) is 26.1. The number of carbonyl (C=O) groups is 1. The number of carbonyl (C=O) groups excluding carboxylic acids is 1. The quantitative estimate of drug-likeness (QED) is 0.0801. The summed E-state index contributed by atoms with van der Waals surface area (Å²) in [6.45, 7) is 0. The summed E-state index contributed by atoms with van der Waals surface area (Å²) in [5, 5.41) is 46.5. The molecular weight excluding hydrogens is 792 g/mol. The van der Waals surface area contributed by atoms with E-state index in [0.29, 0.717) is 32.5 Å². The van der Waals surface area contributed by atoms with Crippen LogP contribution >= 0.6 is 15.9 Å². The van der Waals surface area contributed by atoms with Crippen LogP contribution in [-0.4, -0.2) is 71.8 Å². The minimum absolute atomic E-state index is 0.0359. The predicted octanol–water partition coefficient (Wildman–Crippen LogP) is 5.56. The van der Waals surface area contributed by atoms with Gasteiger partial charge in [0.05, 0.1) is 74.4 Å². The summed E-state index contributed by atoms with van der Waals surface area (Å²) in [4.78, 5) is 52.0. The van der Waals surface area contributed by atoms with Crippen molar-refractivity contribution in [3.8, 4) is 11.8 Å². The Morgan fingerprint density at radius 3 is 1.71 bits per heavy atom. The monoisotopic (exact) mass is 822 g/mol. The molecule has 0 saturated carbocycles. The molecule has 0 bridgehead atoms. The number of aromatic amines is 2. The van der Waals surface area contributed by atoms with Crippen LogP contribution in [0, 0.1) is 30.3 Å². The number of aryl methyl sites for hydroxylation is 2. The number of hydrogen-bond acceptors (Lipinski definition) is 14. The Bertz CT molecular complexity index is 2610. The maximum absolute atomic E-state index is 11.1. The lowest BCUT2D eigenvalue weighted by Gasteiger charge is -2.01. The van der Waals surface area contributed by atoms with Crippen molar-refractivity contribution in [2.45, 2.75) is 0 Å². The van der Waals surface area contributed by atoms with Gasteiger partial charge in [-0.1, -0.05) is 0 Å². The number of nitrogens with zero attached hydrogens (tertiary/aromatic N) is 7. The van der Waals surface area contributed by atoms with Crippen LogP contribution in [0.5, 0.6) is 11.8 Å². The number of methoxy groups -OCH3 is 3. The summed E-state index contributed by atoms with van der Waals surface area (Å²) >= 11 is 3.10. The number of halogens is 1. The zero-order valence-electron chi connectivity index (χ0n) is 29.5. The fourth-order valence-corrected chi connectivity index (χ4v) is 5.32. The number of nitrogens with one attached hydrogen (secondary N) is 2. The van der Waals surface area contributed by atoms with Gasteiger partial charge in [0.25, 0.3) is 22.6 Å². The molecule has 0 radical (unpaired) electrons. The number of nitrogens with two attached hydrogens (primary N) is 1. The molecule has 21 nitrogen and oxygen atoms in total. The van der Waals surface area contributed by atoms with E-state index in [-0.39, 0.29) is 28.2 Å². The van der Waals surface area contributed by atoms with Crippen molar-refractivity contribution < 1.29 is 33.8 Å². The number of aromatic nitrogens is 6. The largest absolute Gasteiger partial charge is 0.479 e. The van der Waals surface area contributed by atoms with Crippen LogP contribution < -0.4 is 20.8 Å². The standard InChI is InChI=1S/C9H9N3O3.C9H11N3O.C8H6BrNO4.C7H5N3O3/c1-11-8-4-3-6(12(13)14)5-7(8)9(10-11)15-2;1-12-8-4-3-6(10)5-7(8)9(11-12)13-2;1-14-8(11)6-4-5(10(12)13)2-3-7(6)9;11-7-5-3-4(10(12)13)1-2-6(5)8-9-7/h3-5H,1-2H3;3-5H,10H2,1-2H3;2-4H,1H3;1-3H,(H2,8,9,11). The van der Waals surface area contributed by atoms with Crippen LogP contribution in [0.4, 0.5) is 22.7 Å². The fraction of sp³-hybridized carbons (Fsp3) is 0.152. The molecule has 0 aliphatic carbocycles. The Hall–Kier alpha value is -7.36. The van der Waals surface area contributed by atoms with Gasteiger partial charge in [0.2, 0.25) is 11.8 Å².